The van der Waals surface area contributed by atoms with Crippen LogP contribution in [0, 0.1) is 5.82 Å². The van der Waals surface area contributed by atoms with Crippen molar-refractivity contribution in [2.24, 2.45) is 0 Å². The zero-order valence-electron chi connectivity index (χ0n) is 9.69. The van der Waals surface area contributed by atoms with Gasteiger partial charge in [0.05, 0.1) is 18.9 Å². The smallest absolute Gasteiger partial charge is 0.146 e. The highest BCUT2D eigenvalue weighted by molar-refractivity contribution is 5.45. The predicted octanol–water partition coefficient (Wildman–Crippen LogP) is 1.12. The number of morpholine rings is 1. The maximum absolute atomic E-state index is 12.9. The Morgan fingerprint density at radius 2 is 2.12 bits per heavy atom. The highest BCUT2D eigenvalue weighted by atomic mass is 19.1. The standard InChI is InChI=1S/C12H17FN2O2/c13-11-2-1-10(9-12(11)14)17-8-5-15-3-6-16-7-4-15/h1-2,9H,3-8,14H2. The molecular formula is C12H17FN2O2. The van der Waals surface area contributed by atoms with E-state index in [2.05, 4.69) is 4.90 Å². The Morgan fingerprint density at radius 1 is 1.35 bits per heavy atom. The summed E-state index contributed by atoms with van der Waals surface area (Å²) in [5, 5.41) is 0. The number of halogens is 1. The van der Waals surface area contributed by atoms with E-state index in [0.717, 1.165) is 32.8 Å². The van der Waals surface area contributed by atoms with Crippen molar-refractivity contribution in [1.29, 1.82) is 0 Å². The monoisotopic (exact) mass is 240 g/mol. The number of hydrogen-bond donors (Lipinski definition) is 1. The first-order valence-electron chi connectivity index (χ1n) is 5.73. The Kier molecular flexibility index (Phi) is 4.17. The van der Waals surface area contributed by atoms with Crippen LogP contribution >= 0.6 is 0 Å². The van der Waals surface area contributed by atoms with Crippen LogP contribution in [0.3, 0.4) is 0 Å². The summed E-state index contributed by atoms with van der Waals surface area (Å²) in [5.74, 6) is 0.197. The predicted molar refractivity (Wildman–Crippen MR) is 63.6 cm³/mol. The quantitative estimate of drug-likeness (QED) is 0.801. The van der Waals surface area contributed by atoms with E-state index in [1.165, 1.54) is 12.1 Å². The lowest BCUT2D eigenvalue weighted by molar-refractivity contribution is 0.0322. The van der Waals surface area contributed by atoms with Crippen molar-refractivity contribution in [2.75, 3.05) is 45.2 Å². The maximum Gasteiger partial charge on any atom is 0.146 e. The van der Waals surface area contributed by atoms with E-state index in [1.807, 2.05) is 0 Å². The lowest BCUT2D eigenvalue weighted by atomic mass is 10.3. The van der Waals surface area contributed by atoms with Gasteiger partial charge < -0.3 is 15.2 Å². The van der Waals surface area contributed by atoms with E-state index in [9.17, 15) is 4.39 Å². The van der Waals surface area contributed by atoms with Gasteiger partial charge in [0.1, 0.15) is 18.2 Å². The third-order valence-corrected chi connectivity index (χ3v) is 2.75. The van der Waals surface area contributed by atoms with Gasteiger partial charge in [-0.2, -0.15) is 0 Å². The van der Waals surface area contributed by atoms with Gasteiger partial charge in [0.2, 0.25) is 0 Å². The van der Waals surface area contributed by atoms with Crippen molar-refractivity contribution in [3.63, 3.8) is 0 Å². The second-order valence-electron chi connectivity index (χ2n) is 3.99. The average molecular weight is 240 g/mol. The molecule has 1 heterocycles. The molecule has 0 saturated carbocycles. The molecule has 0 spiro atoms. The first kappa shape index (κ1) is 12.1. The van der Waals surface area contributed by atoms with Gasteiger partial charge in [0.15, 0.2) is 0 Å². The van der Waals surface area contributed by atoms with Crippen LogP contribution in [0.1, 0.15) is 0 Å². The molecule has 2 N–H and O–H groups in total. The van der Waals surface area contributed by atoms with Gasteiger partial charge in [-0.15, -0.1) is 0 Å². The average Bonchev–Trinajstić information content (AvgIpc) is 2.35. The topological polar surface area (TPSA) is 47.7 Å². The van der Waals surface area contributed by atoms with E-state index >= 15 is 0 Å². The molecule has 1 aromatic carbocycles. The fourth-order valence-corrected chi connectivity index (χ4v) is 1.73. The van der Waals surface area contributed by atoms with Gasteiger partial charge in [0.25, 0.3) is 0 Å². The number of benzene rings is 1. The van der Waals surface area contributed by atoms with Crippen LogP contribution in [0.5, 0.6) is 5.75 Å². The van der Waals surface area contributed by atoms with Crippen LogP contribution in [0.2, 0.25) is 0 Å². The SMILES string of the molecule is Nc1cc(OCCN2CCOCC2)ccc1F. The summed E-state index contributed by atoms with van der Waals surface area (Å²) in [7, 11) is 0. The molecule has 1 fully saturated rings. The molecule has 5 heteroatoms. The van der Waals surface area contributed by atoms with Crippen molar-refractivity contribution in [2.45, 2.75) is 0 Å². The Hall–Kier alpha value is -1.33. The summed E-state index contributed by atoms with van der Waals surface area (Å²) in [4.78, 5) is 2.27. The van der Waals surface area contributed by atoms with Gasteiger partial charge >= 0.3 is 0 Å². The molecule has 0 amide bonds. The fourth-order valence-electron chi connectivity index (χ4n) is 1.73. The number of nitrogen functional groups attached to an aromatic ring is 1. The van der Waals surface area contributed by atoms with Crippen LogP contribution in [-0.2, 0) is 4.74 Å². The van der Waals surface area contributed by atoms with E-state index in [0.29, 0.717) is 12.4 Å². The molecule has 0 aliphatic carbocycles. The third kappa shape index (κ3) is 3.57. The maximum atomic E-state index is 12.9. The largest absolute Gasteiger partial charge is 0.492 e. The van der Waals surface area contributed by atoms with Crippen molar-refractivity contribution in [1.82, 2.24) is 4.90 Å². The fraction of sp³-hybridized carbons (Fsp3) is 0.500. The Morgan fingerprint density at radius 3 is 2.82 bits per heavy atom. The molecule has 0 radical (unpaired) electrons. The molecule has 0 unspecified atom stereocenters. The minimum Gasteiger partial charge on any atom is -0.492 e. The number of ether oxygens (including phenoxy) is 2. The van der Waals surface area contributed by atoms with Crippen LogP contribution in [0.15, 0.2) is 18.2 Å². The number of rotatable bonds is 4. The van der Waals surface area contributed by atoms with Crippen LogP contribution in [-0.4, -0.2) is 44.4 Å². The van der Waals surface area contributed by atoms with Crippen LogP contribution in [0.25, 0.3) is 0 Å². The summed E-state index contributed by atoms with van der Waals surface area (Å²) in [5.41, 5.74) is 5.57. The highest BCUT2D eigenvalue weighted by Crippen LogP contribution is 2.18. The third-order valence-electron chi connectivity index (χ3n) is 2.75. The van der Waals surface area contributed by atoms with Crippen molar-refractivity contribution in [3.05, 3.63) is 24.0 Å². The van der Waals surface area contributed by atoms with Gasteiger partial charge in [0, 0.05) is 25.7 Å². The zero-order chi connectivity index (χ0) is 12.1. The minimum absolute atomic E-state index is 0.119. The van der Waals surface area contributed by atoms with Gasteiger partial charge in [-0.05, 0) is 12.1 Å². The van der Waals surface area contributed by atoms with Crippen molar-refractivity contribution >= 4 is 5.69 Å². The van der Waals surface area contributed by atoms with E-state index in [-0.39, 0.29) is 5.69 Å². The molecule has 1 saturated heterocycles. The molecule has 1 aromatic rings. The summed E-state index contributed by atoms with van der Waals surface area (Å²) >= 11 is 0. The second kappa shape index (κ2) is 5.84. The molecule has 0 bridgehead atoms. The van der Waals surface area contributed by atoms with Gasteiger partial charge in [-0.25, -0.2) is 4.39 Å². The molecule has 4 nitrogen and oxygen atoms in total. The number of nitrogens with zero attached hydrogens (tertiary/aromatic N) is 1. The summed E-state index contributed by atoms with van der Waals surface area (Å²) in [6.07, 6.45) is 0. The normalized spacial score (nSPS) is 17.0. The number of nitrogens with two attached hydrogens (primary N) is 1. The summed E-state index contributed by atoms with van der Waals surface area (Å²) < 4.78 is 23.7. The summed E-state index contributed by atoms with van der Waals surface area (Å²) in [6, 6.07) is 4.42. The molecule has 2 rings (SSSR count). The second-order valence-corrected chi connectivity index (χ2v) is 3.99. The molecule has 17 heavy (non-hydrogen) atoms. The van der Waals surface area contributed by atoms with Crippen LogP contribution < -0.4 is 10.5 Å². The molecule has 1 aliphatic rings. The molecule has 94 valence electrons. The minimum atomic E-state index is -0.412. The van der Waals surface area contributed by atoms with E-state index < -0.39 is 5.82 Å². The summed E-state index contributed by atoms with van der Waals surface area (Å²) in [6.45, 7) is 4.86. The van der Waals surface area contributed by atoms with Gasteiger partial charge in [-0.1, -0.05) is 0 Å². The molecule has 1 aliphatic heterocycles. The Bertz CT molecular complexity index is 368. The number of anilines is 1. The molecule has 0 atom stereocenters. The zero-order valence-corrected chi connectivity index (χ0v) is 9.69. The van der Waals surface area contributed by atoms with Gasteiger partial charge in [-0.3, -0.25) is 4.90 Å². The molecular weight excluding hydrogens is 223 g/mol. The highest BCUT2D eigenvalue weighted by Gasteiger charge is 2.09. The van der Waals surface area contributed by atoms with E-state index in [4.69, 9.17) is 15.2 Å². The molecule has 0 aromatic heterocycles. The Labute approximate surface area is 100 Å². The first-order valence-corrected chi connectivity index (χ1v) is 5.73. The van der Waals surface area contributed by atoms with E-state index in [1.54, 1.807) is 6.07 Å². The Balaban J connectivity index is 1.75. The van der Waals surface area contributed by atoms with Crippen molar-refractivity contribution < 1.29 is 13.9 Å². The van der Waals surface area contributed by atoms with Crippen molar-refractivity contribution in [3.8, 4) is 5.75 Å². The lowest BCUT2D eigenvalue weighted by Gasteiger charge is -2.26. The number of hydrogen-bond acceptors (Lipinski definition) is 4. The lowest BCUT2D eigenvalue weighted by Crippen LogP contribution is -2.38. The first-order chi connectivity index (χ1) is 8.25. The van der Waals surface area contributed by atoms with Crippen LogP contribution in [0.4, 0.5) is 10.1 Å².